The number of aliphatic hydroxyl groups is 1. The largest absolute Gasteiger partial charge is 0.508 e. The molecule has 3 aromatic heterocycles. The molecule has 5 aromatic rings. The normalized spacial score (nSPS) is 16.8. The summed E-state index contributed by atoms with van der Waals surface area (Å²) in [4.78, 5) is 32.7. The van der Waals surface area contributed by atoms with E-state index in [2.05, 4.69) is 15.2 Å². The molecule has 9 nitrogen and oxygen atoms in total. The molecule has 1 aliphatic heterocycles. The van der Waals surface area contributed by atoms with Gasteiger partial charge in [0.1, 0.15) is 17.1 Å². The molecule has 1 fully saturated rings. The van der Waals surface area contributed by atoms with E-state index < -0.39 is 17.7 Å². The summed E-state index contributed by atoms with van der Waals surface area (Å²) < 4.78 is 2.27. The van der Waals surface area contributed by atoms with Crippen molar-refractivity contribution in [3.63, 3.8) is 0 Å². The van der Waals surface area contributed by atoms with Crippen LogP contribution in [0.25, 0.3) is 11.4 Å². The smallest absolute Gasteiger partial charge is 0.301 e. The van der Waals surface area contributed by atoms with E-state index in [-0.39, 0.29) is 22.2 Å². The van der Waals surface area contributed by atoms with E-state index >= 15 is 0 Å². The Labute approximate surface area is 241 Å². The number of pyridine rings is 1. The number of halogens is 1. The van der Waals surface area contributed by atoms with Gasteiger partial charge in [-0.15, -0.1) is 10.2 Å². The molecule has 1 aliphatic rings. The van der Waals surface area contributed by atoms with Crippen molar-refractivity contribution in [2.45, 2.75) is 23.1 Å². The molecule has 0 aliphatic carbocycles. The van der Waals surface area contributed by atoms with Gasteiger partial charge in [-0.3, -0.25) is 18.9 Å². The predicted molar refractivity (Wildman–Crippen MR) is 154 cm³/mol. The first-order valence-corrected chi connectivity index (χ1v) is 14.2. The molecule has 1 amide bonds. The van der Waals surface area contributed by atoms with Crippen LogP contribution in [-0.4, -0.2) is 41.5 Å². The molecule has 4 heterocycles. The number of aliphatic hydroxyl groups excluding tert-OH is 1. The van der Waals surface area contributed by atoms with Crippen LogP contribution in [0.2, 0.25) is 5.02 Å². The van der Waals surface area contributed by atoms with Crippen molar-refractivity contribution >= 4 is 62.9 Å². The average molecular weight is 590 g/mol. The van der Waals surface area contributed by atoms with Gasteiger partial charge in [0.25, 0.3) is 5.78 Å². The number of imidazole rings is 1. The Morgan fingerprint density at radius 2 is 1.80 bits per heavy atom. The fourth-order valence-corrected chi connectivity index (χ4v) is 6.56. The van der Waals surface area contributed by atoms with Gasteiger partial charge in [-0.1, -0.05) is 65.0 Å². The molecular formula is C28H20ClN5O4S2. The van der Waals surface area contributed by atoms with Crippen molar-refractivity contribution in [3.05, 3.63) is 106 Å². The second kappa shape index (κ2) is 10.4. The average Bonchev–Trinajstić information content (AvgIpc) is 3.62. The third kappa shape index (κ3) is 4.61. The lowest BCUT2D eigenvalue weighted by Crippen LogP contribution is -2.29. The van der Waals surface area contributed by atoms with E-state index in [1.807, 2.05) is 30.3 Å². The van der Waals surface area contributed by atoms with Crippen molar-refractivity contribution in [3.8, 4) is 5.75 Å². The molecule has 0 spiro atoms. The highest BCUT2D eigenvalue weighted by molar-refractivity contribution is 8.00. The van der Waals surface area contributed by atoms with Gasteiger partial charge in [0.05, 0.1) is 17.3 Å². The number of anilines is 1. The number of hydrogen-bond donors (Lipinski definition) is 2. The van der Waals surface area contributed by atoms with Gasteiger partial charge in [-0.2, -0.15) is 0 Å². The SMILES string of the molecule is Cc1nc2ccccn2c1C(O)=C1C(=O)C(=O)N(c2nnc(SCc3ccc(Cl)cc3)s2)C1c1ccc(O)cc1. The molecule has 0 radical (unpaired) electrons. The summed E-state index contributed by atoms with van der Waals surface area (Å²) in [6.07, 6.45) is 1.73. The molecule has 0 saturated carbocycles. The number of rotatable bonds is 6. The summed E-state index contributed by atoms with van der Waals surface area (Å²) in [5, 5.41) is 30.8. The standard InChI is InChI=1S/C28H20ClN5O4S2/c1-15-22(33-13-3-2-4-20(33)30-15)24(36)21-23(17-7-11-19(35)12-8-17)34(26(38)25(21)37)27-31-32-28(40-27)39-14-16-5-9-18(29)10-6-16/h2-13,23,35-36H,14H2,1H3. The Morgan fingerprint density at radius 3 is 2.55 bits per heavy atom. The minimum absolute atomic E-state index is 0.0233. The molecule has 1 unspecified atom stereocenters. The summed E-state index contributed by atoms with van der Waals surface area (Å²) in [6.45, 7) is 1.72. The van der Waals surface area contributed by atoms with Crippen LogP contribution in [0.5, 0.6) is 5.75 Å². The van der Waals surface area contributed by atoms with Crippen LogP contribution in [0.3, 0.4) is 0 Å². The second-order valence-electron chi connectivity index (χ2n) is 9.00. The molecule has 12 heteroatoms. The molecule has 6 rings (SSSR count). The fourth-order valence-electron chi connectivity index (χ4n) is 4.61. The first-order valence-electron chi connectivity index (χ1n) is 12.1. The lowest BCUT2D eigenvalue weighted by atomic mass is 9.96. The number of benzene rings is 2. The topological polar surface area (TPSA) is 121 Å². The molecule has 1 atom stereocenters. The van der Waals surface area contributed by atoms with Gasteiger partial charge in [-0.25, -0.2) is 4.98 Å². The highest BCUT2D eigenvalue weighted by atomic mass is 35.5. The number of hydrogen-bond acceptors (Lipinski definition) is 9. The van der Waals surface area contributed by atoms with Crippen molar-refractivity contribution in [1.29, 1.82) is 0 Å². The van der Waals surface area contributed by atoms with E-state index in [9.17, 15) is 19.8 Å². The zero-order chi connectivity index (χ0) is 28.0. The van der Waals surface area contributed by atoms with E-state index in [1.165, 1.54) is 40.1 Å². The number of aromatic hydroxyl groups is 1. The maximum absolute atomic E-state index is 13.5. The minimum Gasteiger partial charge on any atom is -0.508 e. The van der Waals surface area contributed by atoms with Crippen LogP contribution in [0.1, 0.15) is 28.6 Å². The molecule has 2 N–H and O–H groups in total. The van der Waals surface area contributed by atoms with Crippen molar-refractivity contribution < 1.29 is 19.8 Å². The van der Waals surface area contributed by atoms with E-state index in [0.717, 1.165) is 5.56 Å². The predicted octanol–water partition coefficient (Wildman–Crippen LogP) is 5.77. The number of aryl methyl sites for hydroxylation is 1. The first-order chi connectivity index (χ1) is 19.3. The van der Waals surface area contributed by atoms with E-state index in [1.54, 1.807) is 41.8 Å². The van der Waals surface area contributed by atoms with Gasteiger partial charge in [0.15, 0.2) is 10.1 Å². The monoisotopic (exact) mass is 589 g/mol. The van der Waals surface area contributed by atoms with Crippen LogP contribution < -0.4 is 4.90 Å². The Kier molecular flexibility index (Phi) is 6.78. The summed E-state index contributed by atoms with van der Waals surface area (Å²) in [6, 6.07) is 18.0. The van der Waals surface area contributed by atoms with E-state index in [0.29, 0.717) is 37.7 Å². The molecule has 0 bridgehead atoms. The van der Waals surface area contributed by atoms with Crippen LogP contribution >= 0.6 is 34.7 Å². The Hall–Kier alpha value is -4.19. The maximum atomic E-state index is 13.5. The number of phenolic OH excluding ortho intramolecular Hbond substituents is 1. The maximum Gasteiger partial charge on any atom is 0.301 e. The lowest BCUT2D eigenvalue weighted by Gasteiger charge is -2.22. The number of phenols is 1. The summed E-state index contributed by atoms with van der Waals surface area (Å²) >= 11 is 8.59. The fraction of sp³-hybridized carbons (Fsp3) is 0.107. The highest BCUT2D eigenvalue weighted by Gasteiger charge is 2.48. The number of thioether (sulfide) groups is 1. The third-order valence-electron chi connectivity index (χ3n) is 6.46. The van der Waals surface area contributed by atoms with Gasteiger partial charge in [-0.05, 0) is 54.4 Å². The second-order valence-corrected chi connectivity index (χ2v) is 11.6. The number of carbonyl (C=O) groups excluding carboxylic acids is 2. The minimum atomic E-state index is -1.00. The summed E-state index contributed by atoms with van der Waals surface area (Å²) in [7, 11) is 0. The number of carbonyl (C=O) groups is 2. The van der Waals surface area contributed by atoms with Crippen LogP contribution in [0, 0.1) is 6.92 Å². The number of fused-ring (bicyclic) bond motifs is 1. The van der Waals surface area contributed by atoms with Crippen molar-refractivity contribution in [2.24, 2.45) is 0 Å². The van der Waals surface area contributed by atoms with Crippen molar-refractivity contribution in [1.82, 2.24) is 19.6 Å². The van der Waals surface area contributed by atoms with E-state index in [4.69, 9.17) is 11.6 Å². The molecule has 40 heavy (non-hydrogen) atoms. The van der Waals surface area contributed by atoms with Gasteiger partial charge in [0, 0.05) is 17.0 Å². The quantitative estimate of drug-likeness (QED) is 0.0841. The van der Waals surface area contributed by atoms with Crippen LogP contribution in [0.15, 0.2) is 82.8 Å². The number of ketones is 1. The highest BCUT2D eigenvalue weighted by Crippen LogP contribution is 2.44. The third-order valence-corrected chi connectivity index (χ3v) is 8.84. The van der Waals surface area contributed by atoms with Crippen LogP contribution in [0.4, 0.5) is 5.13 Å². The van der Waals surface area contributed by atoms with Gasteiger partial charge >= 0.3 is 5.91 Å². The number of amides is 1. The molecule has 1 saturated heterocycles. The summed E-state index contributed by atoms with van der Waals surface area (Å²) in [5.74, 6) is -1.41. The first kappa shape index (κ1) is 26.1. The Balaban J connectivity index is 1.43. The zero-order valence-corrected chi connectivity index (χ0v) is 23.2. The number of nitrogens with zero attached hydrogens (tertiary/aromatic N) is 5. The molecule has 2 aromatic carbocycles. The Morgan fingerprint density at radius 1 is 1.05 bits per heavy atom. The number of Topliss-reactive ketones (excluding diaryl/α,β-unsaturated/α-hetero) is 1. The van der Waals surface area contributed by atoms with Gasteiger partial charge < -0.3 is 10.2 Å². The molecule has 200 valence electrons. The zero-order valence-electron chi connectivity index (χ0n) is 20.9. The van der Waals surface area contributed by atoms with Gasteiger partial charge in [0.2, 0.25) is 5.13 Å². The summed E-state index contributed by atoms with van der Waals surface area (Å²) in [5.41, 5.74) is 2.85. The number of aromatic nitrogens is 4. The lowest BCUT2D eigenvalue weighted by molar-refractivity contribution is -0.132. The Bertz CT molecular complexity index is 1800. The van der Waals surface area contributed by atoms with Crippen LogP contribution in [-0.2, 0) is 15.3 Å². The van der Waals surface area contributed by atoms with Crippen molar-refractivity contribution in [2.75, 3.05) is 4.90 Å². The molecular weight excluding hydrogens is 570 g/mol.